The zero-order valence-electron chi connectivity index (χ0n) is 16.8. The maximum atomic E-state index is 11.5. The molecular formula is C23H18N4O4S. The van der Waals surface area contributed by atoms with Crippen LogP contribution in [0.3, 0.4) is 0 Å². The average Bonchev–Trinajstić information content (AvgIpc) is 3.56. The first-order valence-electron chi connectivity index (χ1n) is 9.96. The zero-order valence-corrected chi connectivity index (χ0v) is 17.6. The third-order valence-corrected chi connectivity index (χ3v) is 5.74. The van der Waals surface area contributed by atoms with Crippen LogP contribution < -0.4 is 5.32 Å². The van der Waals surface area contributed by atoms with Gasteiger partial charge in [0.25, 0.3) is 5.69 Å². The zero-order chi connectivity index (χ0) is 22.1. The highest BCUT2D eigenvalue weighted by molar-refractivity contribution is 7.80. The molecule has 1 aliphatic rings. The fourth-order valence-corrected chi connectivity index (χ4v) is 4.26. The quantitative estimate of drug-likeness (QED) is 0.251. The number of nitro groups is 1. The van der Waals surface area contributed by atoms with Crippen molar-refractivity contribution in [3.63, 3.8) is 0 Å². The largest absolute Gasteiger partial charge is 0.467 e. The highest BCUT2D eigenvalue weighted by atomic mass is 32.1. The van der Waals surface area contributed by atoms with Crippen LogP contribution in [0.25, 0.3) is 11.3 Å². The fourth-order valence-electron chi connectivity index (χ4n) is 3.95. The standard InChI is InChI=1S/C23H18N4O4S/c28-27(29)18-9-2-1-7-16(18)19-10-11-20(31-19)22-21(17-8-3-4-12-24-17)25-23(32)26(22)14-15-6-5-13-30-15/h1-13,21-22H,14H2,(H,25,32)/t21-,22+/m0/s1. The number of thiocarbonyl (C=S) groups is 1. The van der Waals surface area contributed by atoms with Crippen molar-refractivity contribution in [2.24, 2.45) is 0 Å². The predicted molar refractivity (Wildman–Crippen MR) is 121 cm³/mol. The second-order valence-electron chi connectivity index (χ2n) is 7.31. The number of para-hydroxylation sites is 1. The van der Waals surface area contributed by atoms with Crippen molar-refractivity contribution in [2.75, 3.05) is 0 Å². The molecule has 160 valence electrons. The van der Waals surface area contributed by atoms with Gasteiger partial charge in [0.2, 0.25) is 0 Å². The summed E-state index contributed by atoms with van der Waals surface area (Å²) in [5.41, 5.74) is 1.22. The van der Waals surface area contributed by atoms with Gasteiger partial charge in [0.15, 0.2) is 5.11 Å². The lowest BCUT2D eigenvalue weighted by molar-refractivity contribution is -0.384. The smallest absolute Gasteiger partial charge is 0.280 e. The lowest BCUT2D eigenvalue weighted by Crippen LogP contribution is -2.28. The lowest BCUT2D eigenvalue weighted by atomic mass is 10.0. The molecule has 0 aliphatic carbocycles. The Balaban J connectivity index is 1.56. The summed E-state index contributed by atoms with van der Waals surface area (Å²) in [4.78, 5) is 17.5. The fraction of sp³-hybridized carbons (Fsp3) is 0.130. The van der Waals surface area contributed by atoms with E-state index in [0.717, 1.165) is 11.5 Å². The first-order chi connectivity index (χ1) is 15.6. The van der Waals surface area contributed by atoms with E-state index in [1.54, 1.807) is 36.7 Å². The van der Waals surface area contributed by atoms with Crippen molar-refractivity contribution >= 4 is 23.0 Å². The number of hydrogen-bond donors (Lipinski definition) is 1. The number of furan rings is 2. The topological polar surface area (TPSA) is 97.6 Å². The molecule has 9 heteroatoms. The molecule has 0 amide bonds. The van der Waals surface area contributed by atoms with E-state index >= 15 is 0 Å². The molecule has 0 spiro atoms. The van der Waals surface area contributed by atoms with E-state index in [0.29, 0.717) is 28.7 Å². The Morgan fingerprint density at radius 1 is 1.09 bits per heavy atom. The number of pyridine rings is 1. The summed E-state index contributed by atoms with van der Waals surface area (Å²) in [5, 5.41) is 15.4. The minimum Gasteiger partial charge on any atom is -0.467 e. The van der Waals surface area contributed by atoms with Gasteiger partial charge in [0.05, 0.1) is 35.0 Å². The van der Waals surface area contributed by atoms with Crippen LogP contribution in [-0.4, -0.2) is 19.9 Å². The van der Waals surface area contributed by atoms with E-state index in [-0.39, 0.29) is 17.8 Å². The maximum Gasteiger partial charge on any atom is 0.280 e. The van der Waals surface area contributed by atoms with Crippen molar-refractivity contribution in [2.45, 2.75) is 18.6 Å². The van der Waals surface area contributed by atoms with Gasteiger partial charge in [0.1, 0.15) is 23.3 Å². The molecule has 1 aliphatic heterocycles. The average molecular weight is 446 g/mol. The summed E-state index contributed by atoms with van der Waals surface area (Å²) in [7, 11) is 0. The molecule has 4 aromatic rings. The number of nitrogens with zero attached hydrogens (tertiary/aromatic N) is 3. The van der Waals surface area contributed by atoms with Crippen molar-refractivity contribution in [1.29, 1.82) is 0 Å². The summed E-state index contributed by atoms with van der Waals surface area (Å²) >= 11 is 5.64. The molecule has 32 heavy (non-hydrogen) atoms. The van der Waals surface area contributed by atoms with E-state index < -0.39 is 4.92 Å². The molecule has 4 heterocycles. The van der Waals surface area contributed by atoms with Gasteiger partial charge in [-0.25, -0.2) is 0 Å². The first-order valence-corrected chi connectivity index (χ1v) is 10.4. The molecule has 0 unspecified atom stereocenters. The minimum absolute atomic E-state index is 0.0119. The Labute approximate surface area is 188 Å². The van der Waals surface area contributed by atoms with Crippen LogP contribution >= 0.6 is 12.2 Å². The lowest BCUT2D eigenvalue weighted by Gasteiger charge is -2.25. The van der Waals surface area contributed by atoms with Crippen LogP contribution in [-0.2, 0) is 6.54 Å². The summed E-state index contributed by atoms with van der Waals surface area (Å²) in [6, 6.07) is 18.9. The van der Waals surface area contributed by atoms with Crippen LogP contribution in [0.2, 0.25) is 0 Å². The highest BCUT2D eigenvalue weighted by Gasteiger charge is 2.42. The maximum absolute atomic E-state index is 11.5. The second-order valence-corrected chi connectivity index (χ2v) is 7.70. The van der Waals surface area contributed by atoms with Gasteiger partial charge in [0, 0.05) is 12.3 Å². The Morgan fingerprint density at radius 3 is 2.69 bits per heavy atom. The molecule has 1 fully saturated rings. The Morgan fingerprint density at radius 2 is 1.94 bits per heavy atom. The molecular weight excluding hydrogens is 428 g/mol. The van der Waals surface area contributed by atoms with Crippen molar-refractivity contribution < 1.29 is 13.8 Å². The normalized spacial score (nSPS) is 18.0. The summed E-state index contributed by atoms with van der Waals surface area (Å²) < 4.78 is 11.7. The summed E-state index contributed by atoms with van der Waals surface area (Å²) in [5.74, 6) is 1.79. The molecule has 0 radical (unpaired) electrons. The molecule has 5 rings (SSSR count). The van der Waals surface area contributed by atoms with Crippen LogP contribution in [0, 0.1) is 10.1 Å². The number of aromatic nitrogens is 1. The number of hydrogen-bond acceptors (Lipinski definition) is 6. The van der Waals surface area contributed by atoms with E-state index in [9.17, 15) is 10.1 Å². The molecule has 0 bridgehead atoms. The Bertz CT molecular complexity index is 1260. The molecule has 1 aromatic carbocycles. The molecule has 1 saturated heterocycles. The van der Waals surface area contributed by atoms with Crippen molar-refractivity contribution in [1.82, 2.24) is 15.2 Å². The van der Waals surface area contributed by atoms with Gasteiger partial charge in [-0.3, -0.25) is 15.1 Å². The monoisotopic (exact) mass is 446 g/mol. The third-order valence-electron chi connectivity index (χ3n) is 5.39. The summed E-state index contributed by atoms with van der Waals surface area (Å²) in [6.45, 7) is 0.439. The molecule has 3 aromatic heterocycles. The predicted octanol–water partition coefficient (Wildman–Crippen LogP) is 5.02. The highest BCUT2D eigenvalue weighted by Crippen LogP contribution is 2.42. The van der Waals surface area contributed by atoms with Crippen LogP contribution in [0.4, 0.5) is 5.69 Å². The van der Waals surface area contributed by atoms with Gasteiger partial charge in [-0.1, -0.05) is 18.2 Å². The number of nitro benzene ring substituents is 1. The SMILES string of the molecule is O=[N+]([O-])c1ccccc1-c1ccc([C@@H]2[C@H](c3ccccn3)NC(=S)N2Cc2ccco2)o1. The molecule has 1 N–H and O–H groups in total. The van der Waals surface area contributed by atoms with Crippen molar-refractivity contribution in [3.05, 3.63) is 107 Å². The van der Waals surface area contributed by atoms with E-state index in [1.165, 1.54) is 6.07 Å². The summed E-state index contributed by atoms with van der Waals surface area (Å²) in [6.07, 6.45) is 3.35. The number of nitrogens with one attached hydrogen (secondary N) is 1. The minimum atomic E-state index is -0.413. The van der Waals surface area contributed by atoms with E-state index in [4.69, 9.17) is 21.1 Å². The van der Waals surface area contributed by atoms with Gasteiger partial charge in [-0.05, 0) is 54.7 Å². The molecule has 8 nitrogen and oxygen atoms in total. The van der Waals surface area contributed by atoms with Crippen LogP contribution in [0.15, 0.2) is 88.0 Å². The van der Waals surface area contributed by atoms with Crippen LogP contribution in [0.5, 0.6) is 0 Å². The van der Waals surface area contributed by atoms with Crippen molar-refractivity contribution in [3.8, 4) is 11.3 Å². The molecule has 0 saturated carbocycles. The number of benzene rings is 1. The van der Waals surface area contributed by atoms with Gasteiger partial charge >= 0.3 is 0 Å². The van der Waals surface area contributed by atoms with Gasteiger partial charge in [-0.15, -0.1) is 0 Å². The third kappa shape index (κ3) is 3.63. The number of rotatable bonds is 6. The van der Waals surface area contributed by atoms with Gasteiger partial charge < -0.3 is 19.1 Å². The second kappa shape index (κ2) is 8.27. The van der Waals surface area contributed by atoms with Crippen LogP contribution in [0.1, 0.15) is 29.3 Å². The first kappa shape index (κ1) is 20.0. The van der Waals surface area contributed by atoms with E-state index in [2.05, 4.69) is 10.3 Å². The van der Waals surface area contributed by atoms with E-state index in [1.807, 2.05) is 41.3 Å². The Kier molecular flexibility index (Phi) is 5.16. The Hall–Kier alpha value is -3.98. The van der Waals surface area contributed by atoms with Gasteiger partial charge in [-0.2, -0.15) is 0 Å². The molecule has 2 atom stereocenters.